The van der Waals surface area contributed by atoms with Crippen LogP contribution in [0.2, 0.25) is 0 Å². The summed E-state index contributed by atoms with van der Waals surface area (Å²) in [5.74, 6) is 1.09. The molecule has 0 bridgehead atoms. The van der Waals surface area contributed by atoms with Gasteiger partial charge in [-0.1, -0.05) is 39.0 Å². The Balaban J connectivity index is 1.61. The standard InChI is InChI=1S/C27H33N3O4/c1-17-7-8-19(11-18(17)2)21-13-22(20-9-10-23-24(12-20)34-16-33-23)30(28-21)26(32)15-29(6)25(31)14-27(3,4)5/h7-12,22H,13-16H2,1-6H3/t22-/m1/s1. The van der Waals surface area contributed by atoms with Crippen LogP contribution in [0.4, 0.5) is 0 Å². The van der Waals surface area contributed by atoms with Crippen LogP contribution in [0.5, 0.6) is 11.5 Å². The lowest BCUT2D eigenvalue weighted by Crippen LogP contribution is -2.40. The van der Waals surface area contributed by atoms with Crippen molar-refractivity contribution in [2.75, 3.05) is 20.4 Å². The summed E-state index contributed by atoms with van der Waals surface area (Å²) in [6.45, 7) is 10.3. The van der Waals surface area contributed by atoms with Gasteiger partial charge in [-0.05, 0) is 59.7 Å². The van der Waals surface area contributed by atoms with E-state index < -0.39 is 0 Å². The van der Waals surface area contributed by atoms with E-state index in [-0.39, 0.29) is 36.6 Å². The molecule has 2 heterocycles. The Morgan fingerprint density at radius 1 is 1.06 bits per heavy atom. The lowest BCUT2D eigenvalue weighted by Gasteiger charge is -2.26. The number of ether oxygens (including phenoxy) is 2. The number of benzene rings is 2. The summed E-state index contributed by atoms with van der Waals surface area (Å²) < 4.78 is 11.0. The third-order valence-corrected chi connectivity index (χ3v) is 6.27. The van der Waals surface area contributed by atoms with Crippen molar-refractivity contribution < 1.29 is 19.1 Å². The molecule has 2 aliphatic rings. The number of aryl methyl sites for hydroxylation is 2. The van der Waals surface area contributed by atoms with Gasteiger partial charge in [-0.25, -0.2) is 5.01 Å². The first-order chi connectivity index (χ1) is 16.0. The van der Waals surface area contributed by atoms with Crippen LogP contribution in [0.1, 0.15) is 61.9 Å². The molecule has 34 heavy (non-hydrogen) atoms. The Bertz CT molecular complexity index is 1150. The molecule has 0 N–H and O–H groups in total. The Labute approximate surface area is 201 Å². The van der Waals surface area contributed by atoms with Gasteiger partial charge in [0.25, 0.3) is 5.91 Å². The third-order valence-electron chi connectivity index (χ3n) is 6.27. The van der Waals surface area contributed by atoms with Crippen molar-refractivity contribution in [1.82, 2.24) is 9.91 Å². The molecule has 1 atom stereocenters. The number of rotatable bonds is 5. The highest BCUT2D eigenvalue weighted by Gasteiger charge is 2.35. The molecule has 2 aromatic carbocycles. The number of hydrazone groups is 1. The topological polar surface area (TPSA) is 71.4 Å². The number of nitrogens with zero attached hydrogens (tertiary/aromatic N) is 3. The molecule has 0 unspecified atom stereocenters. The van der Waals surface area contributed by atoms with Gasteiger partial charge in [0.15, 0.2) is 11.5 Å². The quantitative estimate of drug-likeness (QED) is 0.650. The summed E-state index contributed by atoms with van der Waals surface area (Å²) in [5.41, 5.74) is 5.01. The van der Waals surface area contributed by atoms with Crippen LogP contribution >= 0.6 is 0 Å². The molecule has 0 saturated carbocycles. The van der Waals surface area contributed by atoms with E-state index in [1.54, 1.807) is 7.05 Å². The SMILES string of the molecule is Cc1ccc(C2=NN(C(=O)CN(C)C(=O)CC(C)(C)C)[C@@H](c3ccc4c(c3)OCO4)C2)cc1C. The molecule has 2 amide bonds. The number of hydrogen-bond donors (Lipinski definition) is 0. The van der Waals surface area contributed by atoms with E-state index in [0.717, 1.165) is 16.8 Å². The van der Waals surface area contributed by atoms with E-state index in [1.807, 2.05) is 45.0 Å². The van der Waals surface area contributed by atoms with Gasteiger partial charge in [-0.2, -0.15) is 5.10 Å². The maximum Gasteiger partial charge on any atom is 0.262 e. The second-order valence-electron chi connectivity index (χ2n) is 10.4. The summed E-state index contributed by atoms with van der Waals surface area (Å²) in [5, 5.41) is 6.29. The van der Waals surface area contributed by atoms with E-state index in [0.29, 0.717) is 24.3 Å². The molecule has 0 spiro atoms. The maximum atomic E-state index is 13.4. The summed E-state index contributed by atoms with van der Waals surface area (Å²) in [7, 11) is 1.67. The summed E-state index contributed by atoms with van der Waals surface area (Å²) in [4.78, 5) is 27.5. The first-order valence-electron chi connectivity index (χ1n) is 11.6. The number of likely N-dealkylation sites (N-methyl/N-ethyl adjacent to an activating group) is 1. The average molecular weight is 464 g/mol. The maximum absolute atomic E-state index is 13.4. The average Bonchev–Trinajstić information content (AvgIpc) is 3.41. The van der Waals surface area contributed by atoms with Crippen LogP contribution < -0.4 is 9.47 Å². The van der Waals surface area contributed by atoms with Gasteiger partial charge in [0, 0.05) is 19.9 Å². The van der Waals surface area contributed by atoms with E-state index in [4.69, 9.17) is 14.6 Å². The van der Waals surface area contributed by atoms with Crippen LogP contribution in [-0.4, -0.2) is 47.8 Å². The van der Waals surface area contributed by atoms with E-state index in [9.17, 15) is 9.59 Å². The predicted octanol–water partition coefficient (Wildman–Crippen LogP) is 4.60. The number of carbonyl (C=O) groups is 2. The zero-order chi connectivity index (χ0) is 24.6. The van der Waals surface area contributed by atoms with Gasteiger partial charge in [0.2, 0.25) is 12.7 Å². The molecule has 0 aliphatic carbocycles. The smallest absolute Gasteiger partial charge is 0.262 e. The molecule has 0 radical (unpaired) electrons. The van der Waals surface area contributed by atoms with Crippen molar-refractivity contribution in [3.63, 3.8) is 0 Å². The van der Waals surface area contributed by atoms with Crippen LogP contribution in [-0.2, 0) is 9.59 Å². The molecular formula is C27H33N3O4. The van der Waals surface area contributed by atoms with Crippen molar-refractivity contribution in [1.29, 1.82) is 0 Å². The lowest BCUT2D eigenvalue weighted by atomic mass is 9.92. The largest absolute Gasteiger partial charge is 0.454 e. The Hall–Kier alpha value is -3.35. The van der Waals surface area contributed by atoms with Crippen molar-refractivity contribution in [2.24, 2.45) is 10.5 Å². The number of fused-ring (bicyclic) bond motifs is 1. The summed E-state index contributed by atoms with van der Waals surface area (Å²) in [6.07, 6.45) is 0.951. The fraction of sp³-hybridized carbons (Fsp3) is 0.444. The molecule has 0 saturated heterocycles. The number of amides is 2. The predicted molar refractivity (Wildman–Crippen MR) is 131 cm³/mol. The summed E-state index contributed by atoms with van der Waals surface area (Å²) >= 11 is 0. The minimum Gasteiger partial charge on any atom is -0.454 e. The highest BCUT2D eigenvalue weighted by atomic mass is 16.7. The molecule has 2 aliphatic heterocycles. The number of carbonyl (C=O) groups excluding carboxylic acids is 2. The van der Waals surface area contributed by atoms with Crippen LogP contribution in [0.25, 0.3) is 0 Å². The van der Waals surface area contributed by atoms with Crippen molar-refractivity contribution in [3.8, 4) is 11.5 Å². The molecule has 0 aromatic heterocycles. The van der Waals surface area contributed by atoms with Gasteiger partial charge in [0.1, 0.15) is 6.54 Å². The minimum atomic E-state index is -0.287. The van der Waals surface area contributed by atoms with Crippen molar-refractivity contribution >= 4 is 17.5 Å². The lowest BCUT2D eigenvalue weighted by molar-refractivity contribution is -0.141. The fourth-order valence-corrected chi connectivity index (χ4v) is 4.17. The molecule has 7 nitrogen and oxygen atoms in total. The molecule has 0 fully saturated rings. The molecule has 7 heteroatoms. The second kappa shape index (κ2) is 9.12. The highest BCUT2D eigenvalue weighted by Crippen LogP contribution is 2.39. The van der Waals surface area contributed by atoms with Crippen LogP contribution in [0.15, 0.2) is 41.5 Å². The van der Waals surface area contributed by atoms with Gasteiger partial charge < -0.3 is 14.4 Å². The zero-order valence-electron chi connectivity index (χ0n) is 20.8. The zero-order valence-corrected chi connectivity index (χ0v) is 20.8. The Kier molecular flexibility index (Phi) is 6.39. The van der Waals surface area contributed by atoms with Crippen LogP contribution in [0, 0.1) is 19.3 Å². The highest BCUT2D eigenvalue weighted by molar-refractivity contribution is 6.03. The Morgan fingerprint density at radius 3 is 2.50 bits per heavy atom. The van der Waals surface area contributed by atoms with Gasteiger partial charge >= 0.3 is 0 Å². The van der Waals surface area contributed by atoms with Crippen molar-refractivity contribution in [3.05, 3.63) is 58.7 Å². The van der Waals surface area contributed by atoms with Gasteiger partial charge in [0.05, 0.1) is 11.8 Å². The molecule has 2 aromatic rings. The van der Waals surface area contributed by atoms with E-state index in [1.165, 1.54) is 21.0 Å². The molecule has 180 valence electrons. The van der Waals surface area contributed by atoms with Crippen molar-refractivity contribution in [2.45, 2.75) is 53.5 Å². The second-order valence-corrected chi connectivity index (χ2v) is 10.4. The number of hydrogen-bond acceptors (Lipinski definition) is 5. The minimum absolute atomic E-state index is 0.0281. The normalized spacial score (nSPS) is 17.1. The molecular weight excluding hydrogens is 430 g/mol. The van der Waals surface area contributed by atoms with E-state index in [2.05, 4.69) is 26.0 Å². The Morgan fingerprint density at radius 2 is 1.79 bits per heavy atom. The molecule has 4 rings (SSSR count). The monoisotopic (exact) mass is 463 g/mol. The fourth-order valence-electron chi connectivity index (χ4n) is 4.17. The first kappa shape index (κ1) is 23.8. The van der Waals surface area contributed by atoms with Gasteiger partial charge in [-0.15, -0.1) is 0 Å². The third kappa shape index (κ3) is 5.08. The van der Waals surface area contributed by atoms with E-state index >= 15 is 0 Å². The van der Waals surface area contributed by atoms with Gasteiger partial charge in [-0.3, -0.25) is 9.59 Å². The summed E-state index contributed by atoms with van der Waals surface area (Å²) in [6, 6.07) is 11.7. The first-order valence-corrected chi connectivity index (χ1v) is 11.6. The van der Waals surface area contributed by atoms with Crippen LogP contribution in [0.3, 0.4) is 0 Å².